The minimum Gasteiger partial charge on any atom is -0.481 e. The van der Waals surface area contributed by atoms with Crippen LogP contribution in [-0.4, -0.2) is 20.6 Å². The summed E-state index contributed by atoms with van der Waals surface area (Å²) in [5, 5.41) is 8.99. The van der Waals surface area contributed by atoms with Crippen LogP contribution in [0.15, 0.2) is 33.5 Å². The second kappa shape index (κ2) is 6.22. The zero-order valence-electron chi connectivity index (χ0n) is 11.8. The summed E-state index contributed by atoms with van der Waals surface area (Å²) in [5.74, 6) is -0.936. The molecule has 0 unspecified atom stereocenters. The summed E-state index contributed by atoms with van der Waals surface area (Å²) in [6, 6.07) is 7.59. The molecule has 5 nitrogen and oxygen atoms in total. The SMILES string of the molecule is Cc1nc(=O)n(Cc2ccccc2Br)c(C)c1CC(=O)O. The first-order valence-corrected chi connectivity index (χ1v) is 7.21. The van der Waals surface area contributed by atoms with Gasteiger partial charge in [0.2, 0.25) is 0 Å². The third-order valence-corrected chi connectivity index (χ3v) is 4.16. The molecule has 0 saturated carbocycles. The van der Waals surface area contributed by atoms with E-state index in [9.17, 15) is 9.59 Å². The van der Waals surface area contributed by atoms with E-state index in [1.54, 1.807) is 13.8 Å². The molecule has 0 aliphatic carbocycles. The average molecular weight is 351 g/mol. The fraction of sp³-hybridized carbons (Fsp3) is 0.267. The number of rotatable bonds is 4. The lowest BCUT2D eigenvalue weighted by Crippen LogP contribution is -2.29. The van der Waals surface area contributed by atoms with Crippen molar-refractivity contribution in [1.82, 2.24) is 9.55 Å². The van der Waals surface area contributed by atoms with Gasteiger partial charge in [0.05, 0.1) is 13.0 Å². The van der Waals surface area contributed by atoms with Crippen molar-refractivity contribution in [3.05, 3.63) is 61.7 Å². The monoisotopic (exact) mass is 350 g/mol. The standard InChI is InChI=1S/C15H15BrN2O3/c1-9-12(7-14(19)20)10(2)18(15(21)17-9)8-11-5-3-4-6-13(11)16/h3-6H,7-8H2,1-2H3,(H,19,20). The van der Waals surface area contributed by atoms with E-state index in [4.69, 9.17) is 5.11 Å². The van der Waals surface area contributed by atoms with Gasteiger partial charge in [0, 0.05) is 21.4 Å². The Morgan fingerprint density at radius 3 is 2.62 bits per heavy atom. The van der Waals surface area contributed by atoms with E-state index in [-0.39, 0.29) is 12.1 Å². The molecule has 1 aromatic heterocycles. The van der Waals surface area contributed by atoms with Crippen LogP contribution in [0.3, 0.4) is 0 Å². The van der Waals surface area contributed by atoms with Crippen LogP contribution in [0.5, 0.6) is 0 Å². The zero-order valence-corrected chi connectivity index (χ0v) is 13.3. The normalized spacial score (nSPS) is 10.6. The maximum Gasteiger partial charge on any atom is 0.348 e. The Hall–Kier alpha value is -1.95. The van der Waals surface area contributed by atoms with Crippen LogP contribution >= 0.6 is 15.9 Å². The Bertz CT molecular complexity index is 753. The molecule has 0 saturated heterocycles. The van der Waals surface area contributed by atoms with Gasteiger partial charge in [0.25, 0.3) is 0 Å². The fourth-order valence-corrected chi connectivity index (χ4v) is 2.64. The number of hydrogen-bond acceptors (Lipinski definition) is 3. The molecule has 0 radical (unpaired) electrons. The third kappa shape index (κ3) is 3.39. The second-order valence-electron chi connectivity index (χ2n) is 4.79. The molecule has 1 aromatic carbocycles. The average Bonchev–Trinajstić information content (AvgIpc) is 2.41. The summed E-state index contributed by atoms with van der Waals surface area (Å²) in [4.78, 5) is 27.0. The van der Waals surface area contributed by atoms with E-state index in [2.05, 4.69) is 20.9 Å². The fourth-order valence-electron chi connectivity index (χ4n) is 2.23. The van der Waals surface area contributed by atoms with Crippen molar-refractivity contribution in [2.45, 2.75) is 26.8 Å². The number of carbonyl (C=O) groups is 1. The molecule has 0 bridgehead atoms. The second-order valence-corrected chi connectivity index (χ2v) is 5.65. The van der Waals surface area contributed by atoms with Crippen LogP contribution in [0.2, 0.25) is 0 Å². The number of aromatic nitrogens is 2. The Kier molecular flexibility index (Phi) is 4.57. The molecule has 1 N–H and O–H groups in total. The van der Waals surface area contributed by atoms with Crippen LogP contribution in [0.1, 0.15) is 22.5 Å². The quantitative estimate of drug-likeness (QED) is 0.918. The molecular formula is C15H15BrN2O3. The maximum absolute atomic E-state index is 12.1. The van der Waals surface area contributed by atoms with Crippen molar-refractivity contribution in [2.24, 2.45) is 0 Å². The summed E-state index contributed by atoms with van der Waals surface area (Å²) < 4.78 is 2.41. The first-order chi connectivity index (χ1) is 9.90. The topological polar surface area (TPSA) is 72.2 Å². The number of benzene rings is 1. The smallest absolute Gasteiger partial charge is 0.348 e. The van der Waals surface area contributed by atoms with E-state index < -0.39 is 5.97 Å². The van der Waals surface area contributed by atoms with Crippen molar-refractivity contribution >= 4 is 21.9 Å². The predicted molar refractivity (Wildman–Crippen MR) is 82.6 cm³/mol. The van der Waals surface area contributed by atoms with Crippen molar-refractivity contribution in [3.8, 4) is 0 Å². The van der Waals surface area contributed by atoms with E-state index in [0.29, 0.717) is 23.5 Å². The van der Waals surface area contributed by atoms with E-state index in [0.717, 1.165) is 10.0 Å². The van der Waals surface area contributed by atoms with Gasteiger partial charge < -0.3 is 5.11 Å². The molecule has 0 amide bonds. The summed E-state index contributed by atoms with van der Waals surface area (Å²) >= 11 is 3.45. The first-order valence-electron chi connectivity index (χ1n) is 6.42. The lowest BCUT2D eigenvalue weighted by molar-refractivity contribution is -0.136. The lowest BCUT2D eigenvalue weighted by Gasteiger charge is -2.15. The molecule has 0 aliphatic heterocycles. The number of hydrogen-bond donors (Lipinski definition) is 1. The van der Waals surface area contributed by atoms with Crippen LogP contribution in [-0.2, 0) is 17.8 Å². The number of carboxylic acids is 1. The van der Waals surface area contributed by atoms with Crippen molar-refractivity contribution in [2.75, 3.05) is 0 Å². The Balaban J connectivity index is 2.51. The molecule has 0 fully saturated rings. The first kappa shape index (κ1) is 15.4. The zero-order chi connectivity index (χ0) is 15.6. The highest BCUT2D eigenvalue weighted by Gasteiger charge is 2.15. The van der Waals surface area contributed by atoms with Gasteiger partial charge in [0.15, 0.2) is 0 Å². The molecular weight excluding hydrogens is 336 g/mol. The molecule has 0 spiro atoms. The van der Waals surface area contributed by atoms with Crippen LogP contribution in [0.25, 0.3) is 0 Å². The van der Waals surface area contributed by atoms with E-state index in [1.807, 2.05) is 24.3 Å². The van der Waals surface area contributed by atoms with Crippen LogP contribution in [0.4, 0.5) is 0 Å². The molecule has 0 aliphatic rings. The van der Waals surface area contributed by atoms with Crippen LogP contribution in [0, 0.1) is 13.8 Å². The van der Waals surface area contributed by atoms with Gasteiger partial charge in [-0.05, 0) is 25.5 Å². The summed E-state index contributed by atoms with van der Waals surface area (Å²) in [6.45, 7) is 3.77. The van der Waals surface area contributed by atoms with Gasteiger partial charge in [-0.2, -0.15) is 4.98 Å². The molecule has 2 rings (SSSR count). The largest absolute Gasteiger partial charge is 0.481 e. The van der Waals surface area contributed by atoms with Gasteiger partial charge in [-0.15, -0.1) is 0 Å². The predicted octanol–water partition coefficient (Wildman–Crippen LogP) is 2.30. The van der Waals surface area contributed by atoms with Gasteiger partial charge >= 0.3 is 11.7 Å². The summed E-state index contributed by atoms with van der Waals surface area (Å²) in [7, 11) is 0. The highest BCUT2D eigenvalue weighted by Crippen LogP contribution is 2.18. The van der Waals surface area contributed by atoms with Gasteiger partial charge in [-0.25, -0.2) is 4.79 Å². The minimum absolute atomic E-state index is 0.138. The Morgan fingerprint density at radius 1 is 1.33 bits per heavy atom. The molecule has 1 heterocycles. The van der Waals surface area contributed by atoms with Crippen molar-refractivity contribution < 1.29 is 9.90 Å². The minimum atomic E-state index is -0.936. The Labute approximate surface area is 130 Å². The highest BCUT2D eigenvalue weighted by molar-refractivity contribution is 9.10. The van der Waals surface area contributed by atoms with Crippen molar-refractivity contribution in [3.63, 3.8) is 0 Å². The molecule has 6 heteroatoms. The number of nitrogens with zero attached hydrogens (tertiary/aromatic N) is 2. The highest BCUT2D eigenvalue weighted by atomic mass is 79.9. The number of halogens is 1. The van der Waals surface area contributed by atoms with Gasteiger partial charge in [-0.1, -0.05) is 34.1 Å². The summed E-state index contributed by atoms with van der Waals surface area (Å²) in [5.41, 5.74) is 2.28. The number of carboxylic acid groups (broad SMARTS) is 1. The van der Waals surface area contributed by atoms with E-state index in [1.165, 1.54) is 4.57 Å². The van der Waals surface area contributed by atoms with Gasteiger partial charge in [-0.3, -0.25) is 9.36 Å². The third-order valence-electron chi connectivity index (χ3n) is 3.39. The molecule has 2 aromatic rings. The molecule has 110 valence electrons. The number of aliphatic carboxylic acids is 1. The van der Waals surface area contributed by atoms with Crippen molar-refractivity contribution in [1.29, 1.82) is 0 Å². The lowest BCUT2D eigenvalue weighted by atomic mass is 10.1. The maximum atomic E-state index is 12.1. The number of aryl methyl sites for hydroxylation is 1. The molecule has 21 heavy (non-hydrogen) atoms. The Morgan fingerprint density at radius 2 is 2.00 bits per heavy atom. The van der Waals surface area contributed by atoms with Gasteiger partial charge in [0.1, 0.15) is 0 Å². The molecule has 0 atom stereocenters. The van der Waals surface area contributed by atoms with Crippen LogP contribution < -0.4 is 5.69 Å². The van der Waals surface area contributed by atoms with E-state index >= 15 is 0 Å². The summed E-state index contributed by atoms with van der Waals surface area (Å²) in [6.07, 6.45) is -0.138.